The molecular formula is C20H23ClN2O2. The number of ether oxygens (including phenoxy) is 1. The number of hydrogen-bond donors (Lipinski definition) is 1. The summed E-state index contributed by atoms with van der Waals surface area (Å²) in [6, 6.07) is 11.6. The number of benzene rings is 2. The smallest absolute Gasteiger partial charge is 0.262 e. The second-order valence-electron chi connectivity index (χ2n) is 6.42. The summed E-state index contributed by atoms with van der Waals surface area (Å²) in [5.74, 6) is 0.485. The Hall–Kier alpha value is -2.20. The molecule has 1 N–H and O–H groups in total. The zero-order valence-electron chi connectivity index (χ0n) is 14.6. The fraction of sp³-hybridized carbons (Fsp3) is 0.350. The molecule has 132 valence electrons. The molecule has 1 amide bonds. The van der Waals surface area contributed by atoms with Crippen LogP contribution in [0.3, 0.4) is 0 Å². The van der Waals surface area contributed by atoms with Gasteiger partial charge in [0.25, 0.3) is 5.91 Å². The van der Waals surface area contributed by atoms with Gasteiger partial charge in [0.15, 0.2) is 6.61 Å². The molecule has 1 fully saturated rings. The van der Waals surface area contributed by atoms with Crippen LogP contribution < -0.4 is 15.0 Å². The summed E-state index contributed by atoms with van der Waals surface area (Å²) < 4.78 is 5.64. The largest absolute Gasteiger partial charge is 0.484 e. The third-order valence-electron chi connectivity index (χ3n) is 4.40. The van der Waals surface area contributed by atoms with E-state index in [2.05, 4.69) is 10.2 Å². The van der Waals surface area contributed by atoms with Crippen molar-refractivity contribution in [1.29, 1.82) is 0 Å². The van der Waals surface area contributed by atoms with Gasteiger partial charge in [-0.1, -0.05) is 23.7 Å². The number of rotatable bonds is 5. The molecule has 0 radical (unpaired) electrons. The van der Waals surface area contributed by atoms with Gasteiger partial charge in [0.05, 0.1) is 11.4 Å². The molecule has 4 nitrogen and oxygen atoms in total. The van der Waals surface area contributed by atoms with Gasteiger partial charge in [-0.15, -0.1) is 0 Å². The van der Waals surface area contributed by atoms with E-state index in [4.69, 9.17) is 16.3 Å². The molecule has 1 heterocycles. The number of halogens is 1. The minimum absolute atomic E-state index is 0.0329. The Morgan fingerprint density at radius 1 is 1.16 bits per heavy atom. The van der Waals surface area contributed by atoms with Gasteiger partial charge in [-0.25, -0.2) is 0 Å². The van der Waals surface area contributed by atoms with Gasteiger partial charge in [-0.05, 0) is 62.1 Å². The molecular weight excluding hydrogens is 336 g/mol. The molecule has 0 unspecified atom stereocenters. The molecule has 1 aliphatic heterocycles. The number of nitrogens with zero attached hydrogens (tertiary/aromatic N) is 1. The predicted molar refractivity (Wildman–Crippen MR) is 103 cm³/mol. The SMILES string of the molecule is Cc1cc(OCC(=O)Nc2ccccc2N2CCCC2)cc(C)c1Cl. The van der Waals surface area contributed by atoms with Gasteiger partial charge in [0, 0.05) is 18.1 Å². The number of carbonyl (C=O) groups excluding carboxylic acids is 1. The average Bonchev–Trinajstić information content (AvgIpc) is 3.12. The van der Waals surface area contributed by atoms with Crippen molar-refractivity contribution in [3.05, 3.63) is 52.5 Å². The molecule has 2 aromatic carbocycles. The summed E-state index contributed by atoms with van der Waals surface area (Å²) in [4.78, 5) is 14.6. The fourth-order valence-electron chi connectivity index (χ4n) is 3.14. The highest BCUT2D eigenvalue weighted by atomic mass is 35.5. The number of para-hydroxylation sites is 2. The van der Waals surface area contributed by atoms with Gasteiger partial charge in [-0.3, -0.25) is 4.79 Å². The van der Waals surface area contributed by atoms with E-state index < -0.39 is 0 Å². The van der Waals surface area contributed by atoms with Gasteiger partial charge in [0.2, 0.25) is 0 Å². The molecule has 25 heavy (non-hydrogen) atoms. The molecule has 1 aliphatic rings. The summed E-state index contributed by atoms with van der Waals surface area (Å²) in [5, 5.41) is 3.70. The van der Waals surface area contributed by atoms with Crippen molar-refractivity contribution < 1.29 is 9.53 Å². The second-order valence-corrected chi connectivity index (χ2v) is 6.80. The standard InChI is InChI=1S/C20H23ClN2O2/c1-14-11-16(12-15(2)20(14)21)25-13-19(24)22-17-7-3-4-8-18(17)23-9-5-6-10-23/h3-4,7-8,11-12H,5-6,9-10,13H2,1-2H3,(H,22,24). The van der Waals surface area contributed by atoms with Crippen molar-refractivity contribution in [2.75, 3.05) is 29.9 Å². The van der Waals surface area contributed by atoms with E-state index in [0.717, 1.165) is 40.6 Å². The van der Waals surface area contributed by atoms with E-state index in [1.807, 2.05) is 50.2 Å². The topological polar surface area (TPSA) is 41.6 Å². The summed E-state index contributed by atoms with van der Waals surface area (Å²) in [5.41, 5.74) is 3.79. The monoisotopic (exact) mass is 358 g/mol. The molecule has 2 aromatic rings. The van der Waals surface area contributed by atoms with Gasteiger partial charge < -0.3 is 15.0 Å². The second kappa shape index (κ2) is 7.79. The van der Waals surface area contributed by atoms with E-state index in [1.165, 1.54) is 12.8 Å². The van der Waals surface area contributed by atoms with E-state index in [-0.39, 0.29) is 12.5 Å². The Bertz CT molecular complexity index is 747. The lowest BCUT2D eigenvalue weighted by atomic mass is 10.1. The van der Waals surface area contributed by atoms with Gasteiger partial charge in [-0.2, -0.15) is 0 Å². The molecule has 5 heteroatoms. The molecule has 0 bridgehead atoms. The Morgan fingerprint density at radius 2 is 1.80 bits per heavy atom. The minimum atomic E-state index is -0.170. The van der Waals surface area contributed by atoms with Crippen LogP contribution in [0.5, 0.6) is 5.75 Å². The van der Waals surface area contributed by atoms with Crippen LogP contribution in [-0.4, -0.2) is 25.6 Å². The maximum Gasteiger partial charge on any atom is 0.262 e. The predicted octanol–water partition coefficient (Wildman–Crippen LogP) is 4.57. The van der Waals surface area contributed by atoms with E-state index in [9.17, 15) is 4.79 Å². The van der Waals surface area contributed by atoms with Crippen LogP contribution in [0.25, 0.3) is 0 Å². The first-order valence-corrected chi connectivity index (χ1v) is 8.96. The van der Waals surface area contributed by atoms with Crippen molar-refractivity contribution in [1.82, 2.24) is 0 Å². The Labute approximate surface area is 153 Å². The van der Waals surface area contributed by atoms with Crippen molar-refractivity contribution >= 4 is 28.9 Å². The molecule has 0 aromatic heterocycles. The molecule has 0 saturated carbocycles. The lowest BCUT2D eigenvalue weighted by Crippen LogP contribution is -2.24. The highest BCUT2D eigenvalue weighted by molar-refractivity contribution is 6.32. The first kappa shape index (κ1) is 17.6. The number of anilines is 2. The Kier molecular flexibility index (Phi) is 5.49. The van der Waals surface area contributed by atoms with Crippen LogP contribution in [0.1, 0.15) is 24.0 Å². The first-order valence-electron chi connectivity index (χ1n) is 8.58. The third-order valence-corrected chi connectivity index (χ3v) is 5.00. The number of aryl methyl sites for hydroxylation is 2. The van der Waals surface area contributed by atoms with Crippen molar-refractivity contribution in [3.63, 3.8) is 0 Å². The lowest BCUT2D eigenvalue weighted by Gasteiger charge is -2.21. The van der Waals surface area contributed by atoms with Crippen LogP contribution in [0.4, 0.5) is 11.4 Å². The number of carbonyl (C=O) groups is 1. The number of hydrogen-bond acceptors (Lipinski definition) is 3. The van der Waals surface area contributed by atoms with E-state index >= 15 is 0 Å². The van der Waals surface area contributed by atoms with E-state index in [0.29, 0.717) is 5.75 Å². The van der Waals surface area contributed by atoms with Crippen LogP contribution >= 0.6 is 11.6 Å². The van der Waals surface area contributed by atoms with Gasteiger partial charge in [0.1, 0.15) is 5.75 Å². The van der Waals surface area contributed by atoms with Crippen LogP contribution in [-0.2, 0) is 4.79 Å². The maximum absolute atomic E-state index is 12.3. The molecule has 0 aliphatic carbocycles. The average molecular weight is 359 g/mol. The lowest BCUT2D eigenvalue weighted by molar-refractivity contribution is -0.118. The summed E-state index contributed by atoms with van der Waals surface area (Å²) in [6.45, 7) is 5.89. The zero-order valence-corrected chi connectivity index (χ0v) is 15.4. The van der Waals surface area contributed by atoms with Gasteiger partial charge >= 0.3 is 0 Å². The van der Waals surface area contributed by atoms with Crippen molar-refractivity contribution in [3.8, 4) is 5.75 Å². The number of amides is 1. The maximum atomic E-state index is 12.3. The van der Waals surface area contributed by atoms with E-state index in [1.54, 1.807) is 0 Å². The molecule has 0 atom stereocenters. The van der Waals surface area contributed by atoms with Crippen LogP contribution in [0.15, 0.2) is 36.4 Å². The quantitative estimate of drug-likeness (QED) is 0.850. The van der Waals surface area contributed by atoms with Crippen LogP contribution in [0.2, 0.25) is 5.02 Å². The Balaban J connectivity index is 1.63. The molecule has 3 rings (SSSR count). The molecule has 0 spiro atoms. The molecule has 1 saturated heterocycles. The summed E-state index contributed by atoms with van der Waals surface area (Å²) in [7, 11) is 0. The normalized spacial score (nSPS) is 13.8. The third kappa shape index (κ3) is 4.26. The fourth-order valence-corrected chi connectivity index (χ4v) is 3.25. The Morgan fingerprint density at radius 3 is 2.48 bits per heavy atom. The first-order chi connectivity index (χ1) is 12.0. The summed E-state index contributed by atoms with van der Waals surface area (Å²) in [6.07, 6.45) is 2.39. The minimum Gasteiger partial charge on any atom is -0.484 e. The highest BCUT2D eigenvalue weighted by Gasteiger charge is 2.16. The highest BCUT2D eigenvalue weighted by Crippen LogP contribution is 2.29. The number of nitrogens with one attached hydrogen (secondary N) is 1. The summed E-state index contributed by atoms with van der Waals surface area (Å²) >= 11 is 6.16. The van der Waals surface area contributed by atoms with Crippen molar-refractivity contribution in [2.45, 2.75) is 26.7 Å². The van der Waals surface area contributed by atoms with Crippen molar-refractivity contribution in [2.24, 2.45) is 0 Å². The zero-order chi connectivity index (χ0) is 17.8. The van der Waals surface area contributed by atoms with Crippen LogP contribution in [0, 0.1) is 13.8 Å².